The maximum atomic E-state index is 14.2. The van der Waals surface area contributed by atoms with Crippen LogP contribution in [0.5, 0.6) is 5.75 Å². The molecule has 0 fully saturated rings. The number of hydrogen-bond donors (Lipinski definition) is 1. The monoisotopic (exact) mass is 579 g/mol. The Morgan fingerprint density at radius 2 is 1.54 bits per heavy atom. The number of carbonyl (C=O) groups excluding carboxylic acids is 2. The van der Waals surface area contributed by atoms with Crippen LogP contribution in [0, 0.1) is 13.8 Å². The summed E-state index contributed by atoms with van der Waals surface area (Å²) in [7, 11) is -2.73. The largest absolute Gasteiger partial charge is 0.495 e. The molecule has 41 heavy (non-hydrogen) atoms. The van der Waals surface area contributed by atoms with Gasteiger partial charge in [0.1, 0.15) is 18.3 Å². The lowest BCUT2D eigenvalue weighted by Gasteiger charge is -2.34. The van der Waals surface area contributed by atoms with Gasteiger partial charge in [-0.15, -0.1) is 0 Å². The van der Waals surface area contributed by atoms with Gasteiger partial charge in [0, 0.05) is 12.6 Å². The molecule has 0 radical (unpaired) electrons. The average molecular weight is 580 g/mol. The highest BCUT2D eigenvalue weighted by Gasteiger charge is 2.35. The predicted octanol–water partition coefficient (Wildman–Crippen LogP) is 5.23. The van der Waals surface area contributed by atoms with Gasteiger partial charge in [0.25, 0.3) is 10.0 Å². The molecule has 3 rings (SSSR count). The number of anilines is 1. The number of hydrogen-bond acceptors (Lipinski definition) is 5. The van der Waals surface area contributed by atoms with Gasteiger partial charge < -0.3 is 15.0 Å². The molecule has 3 aromatic rings. The third kappa shape index (κ3) is 7.67. The lowest BCUT2D eigenvalue weighted by Crippen LogP contribution is -2.53. The molecule has 0 unspecified atom stereocenters. The molecule has 0 bridgehead atoms. The molecule has 0 spiro atoms. The number of benzene rings is 3. The zero-order chi connectivity index (χ0) is 30.2. The van der Waals surface area contributed by atoms with E-state index >= 15 is 0 Å². The molecule has 2 atom stereocenters. The number of ether oxygens (including phenoxy) is 1. The maximum Gasteiger partial charge on any atom is 0.264 e. The van der Waals surface area contributed by atoms with Crippen molar-refractivity contribution in [1.82, 2.24) is 10.2 Å². The Morgan fingerprint density at radius 3 is 2.15 bits per heavy atom. The molecule has 0 saturated carbocycles. The predicted molar refractivity (Wildman–Crippen MR) is 162 cm³/mol. The average Bonchev–Trinajstić information content (AvgIpc) is 2.96. The maximum absolute atomic E-state index is 14.2. The summed E-state index contributed by atoms with van der Waals surface area (Å²) in [6.45, 7) is 9.19. The third-order valence-corrected chi connectivity index (χ3v) is 9.00. The molecular formula is C32H41N3O5S. The summed E-state index contributed by atoms with van der Waals surface area (Å²) in [5.41, 5.74) is 2.99. The van der Waals surface area contributed by atoms with Crippen LogP contribution in [-0.4, -0.2) is 50.9 Å². The van der Waals surface area contributed by atoms with E-state index in [1.165, 1.54) is 24.1 Å². The van der Waals surface area contributed by atoms with Crippen molar-refractivity contribution in [1.29, 1.82) is 0 Å². The summed E-state index contributed by atoms with van der Waals surface area (Å²) in [4.78, 5) is 29.2. The summed E-state index contributed by atoms with van der Waals surface area (Å²) in [5, 5.41) is 3.00. The highest BCUT2D eigenvalue weighted by atomic mass is 32.2. The van der Waals surface area contributed by atoms with Crippen LogP contribution in [0.15, 0.2) is 77.7 Å². The smallest absolute Gasteiger partial charge is 0.264 e. The lowest BCUT2D eigenvalue weighted by atomic mass is 10.1. The fourth-order valence-corrected chi connectivity index (χ4v) is 5.94. The van der Waals surface area contributed by atoms with Crippen LogP contribution >= 0.6 is 0 Å². The normalized spacial score (nSPS) is 12.7. The molecule has 2 amide bonds. The van der Waals surface area contributed by atoms with Crippen LogP contribution in [0.3, 0.4) is 0 Å². The number of nitrogens with zero attached hydrogens (tertiary/aromatic N) is 2. The number of nitrogens with one attached hydrogen (secondary N) is 1. The Morgan fingerprint density at radius 1 is 0.902 bits per heavy atom. The standard InChI is InChI=1S/C32H41N3O5S/c1-7-25(5)33-32(37)28(8-2)34(21-26-14-10-9-13-24(26)4)31(36)22-35(29-15-11-12-16-30(29)40-6)41(38,39)27-19-17-23(3)18-20-27/h9-20,25,28H,7-8,21-22H2,1-6H3,(H,33,37)/t25-,28+/m1/s1. The van der Waals surface area contributed by atoms with Crippen LogP contribution in [0.1, 0.15) is 50.3 Å². The van der Waals surface area contributed by atoms with Crippen molar-refractivity contribution in [3.8, 4) is 5.75 Å². The molecular weight excluding hydrogens is 538 g/mol. The highest BCUT2D eigenvalue weighted by Crippen LogP contribution is 2.32. The van der Waals surface area contributed by atoms with Gasteiger partial charge in [-0.1, -0.05) is 67.9 Å². The van der Waals surface area contributed by atoms with Crippen LogP contribution in [0.2, 0.25) is 0 Å². The first-order valence-corrected chi connectivity index (χ1v) is 15.3. The van der Waals surface area contributed by atoms with Gasteiger partial charge >= 0.3 is 0 Å². The zero-order valence-electron chi connectivity index (χ0n) is 24.8. The Bertz CT molecular complexity index is 1440. The molecule has 0 aliphatic heterocycles. The van der Waals surface area contributed by atoms with Crippen molar-refractivity contribution < 1.29 is 22.7 Å². The summed E-state index contributed by atoms with van der Waals surface area (Å²) in [5.74, 6) is -0.460. The molecule has 0 aliphatic rings. The fourth-order valence-electron chi connectivity index (χ4n) is 4.52. The van der Waals surface area contributed by atoms with Crippen molar-refractivity contribution in [2.75, 3.05) is 18.0 Å². The van der Waals surface area contributed by atoms with E-state index in [1.54, 1.807) is 36.4 Å². The number of rotatable bonds is 13. The van der Waals surface area contributed by atoms with Crippen LogP contribution in [-0.2, 0) is 26.2 Å². The van der Waals surface area contributed by atoms with Gasteiger partial charge in [-0.25, -0.2) is 8.42 Å². The van der Waals surface area contributed by atoms with Crippen LogP contribution < -0.4 is 14.4 Å². The van der Waals surface area contributed by atoms with E-state index in [0.29, 0.717) is 12.2 Å². The minimum atomic E-state index is -4.18. The summed E-state index contributed by atoms with van der Waals surface area (Å²) < 4.78 is 34.7. The molecule has 0 heterocycles. The number of carbonyl (C=O) groups is 2. The summed E-state index contributed by atoms with van der Waals surface area (Å²) in [6.07, 6.45) is 1.10. The molecule has 0 aliphatic carbocycles. The van der Waals surface area contributed by atoms with Gasteiger partial charge in [-0.2, -0.15) is 0 Å². The molecule has 0 aromatic heterocycles. The SMILES string of the molecule is CC[C@@H](C)NC(=O)[C@H](CC)N(Cc1ccccc1C)C(=O)CN(c1ccccc1OC)S(=O)(=O)c1ccc(C)cc1. The summed E-state index contributed by atoms with van der Waals surface area (Å²) >= 11 is 0. The topological polar surface area (TPSA) is 96.0 Å². The lowest BCUT2D eigenvalue weighted by molar-refractivity contribution is -0.140. The van der Waals surface area contributed by atoms with E-state index in [2.05, 4.69) is 5.32 Å². The van der Waals surface area contributed by atoms with E-state index < -0.39 is 28.5 Å². The van der Waals surface area contributed by atoms with Crippen molar-refractivity contribution in [2.45, 2.75) is 71.0 Å². The number of sulfonamides is 1. The second-order valence-electron chi connectivity index (χ2n) is 10.2. The first-order valence-electron chi connectivity index (χ1n) is 13.9. The zero-order valence-corrected chi connectivity index (χ0v) is 25.6. The first-order chi connectivity index (χ1) is 19.5. The highest BCUT2D eigenvalue weighted by molar-refractivity contribution is 7.92. The number of aryl methyl sites for hydroxylation is 2. The quantitative estimate of drug-likeness (QED) is 0.299. The van der Waals surface area contributed by atoms with E-state index in [-0.39, 0.29) is 29.1 Å². The molecule has 8 nitrogen and oxygen atoms in total. The van der Waals surface area contributed by atoms with Gasteiger partial charge in [0.15, 0.2) is 0 Å². The molecule has 0 saturated heterocycles. The second-order valence-corrected chi connectivity index (χ2v) is 12.0. The van der Waals surface area contributed by atoms with Gasteiger partial charge in [-0.05, 0) is 69.0 Å². The minimum absolute atomic E-state index is 0.0498. The minimum Gasteiger partial charge on any atom is -0.495 e. The van der Waals surface area contributed by atoms with Crippen molar-refractivity contribution in [2.24, 2.45) is 0 Å². The van der Waals surface area contributed by atoms with E-state index in [9.17, 15) is 18.0 Å². The van der Waals surface area contributed by atoms with Crippen molar-refractivity contribution in [3.63, 3.8) is 0 Å². The number of para-hydroxylation sites is 2. The Labute approximate surface area is 244 Å². The second kappa shape index (κ2) is 14.2. The molecule has 220 valence electrons. The van der Waals surface area contributed by atoms with Gasteiger partial charge in [0.05, 0.1) is 17.7 Å². The van der Waals surface area contributed by atoms with Crippen LogP contribution in [0.25, 0.3) is 0 Å². The Balaban J connectivity index is 2.11. The van der Waals surface area contributed by atoms with Crippen molar-refractivity contribution >= 4 is 27.5 Å². The molecule has 1 N–H and O–H groups in total. The first kappa shape index (κ1) is 31.7. The van der Waals surface area contributed by atoms with Crippen LogP contribution in [0.4, 0.5) is 5.69 Å². The van der Waals surface area contributed by atoms with E-state index in [0.717, 1.165) is 27.4 Å². The van der Waals surface area contributed by atoms with Gasteiger partial charge in [-0.3, -0.25) is 13.9 Å². The van der Waals surface area contributed by atoms with E-state index in [1.807, 2.05) is 58.9 Å². The number of amides is 2. The van der Waals surface area contributed by atoms with Crippen molar-refractivity contribution in [3.05, 3.63) is 89.5 Å². The molecule has 3 aromatic carbocycles. The fraction of sp³-hybridized carbons (Fsp3) is 0.375. The third-order valence-electron chi connectivity index (χ3n) is 7.23. The Hall–Kier alpha value is -3.85. The Kier molecular flexibility index (Phi) is 10.9. The number of methoxy groups -OCH3 is 1. The summed E-state index contributed by atoms with van der Waals surface area (Å²) in [6, 6.07) is 20.0. The van der Waals surface area contributed by atoms with Gasteiger partial charge in [0.2, 0.25) is 11.8 Å². The van der Waals surface area contributed by atoms with E-state index in [4.69, 9.17) is 4.74 Å². The molecule has 9 heteroatoms.